The number of ether oxygens (including phenoxy) is 2. The Morgan fingerprint density at radius 2 is 1.91 bits per heavy atom. The van der Waals surface area contributed by atoms with Crippen molar-refractivity contribution < 1.29 is 13.9 Å². The highest BCUT2D eigenvalue weighted by atomic mass is 16.5. The standard InChI is InChI=1S/C28H28N4O3/c1-33-23-13-11-20(12-14-23)24-25-27(34-18-22-10-7-17-32(22)16-6-5-15-29)30-19-31-28(25)35-26(24)21-8-3-2-4-9-21/h2-4,8-9,11-14,19,22H,5-7,10,16-18H2,1H3. The summed E-state index contributed by atoms with van der Waals surface area (Å²) >= 11 is 0. The number of hydrogen-bond donors (Lipinski definition) is 0. The fourth-order valence-corrected chi connectivity index (χ4v) is 4.76. The fraction of sp³-hybridized carbons (Fsp3) is 0.321. The summed E-state index contributed by atoms with van der Waals surface area (Å²) in [6, 6.07) is 20.5. The molecule has 178 valence electrons. The lowest BCUT2D eigenvalue weighted by molar-refractivity contribution is 0.169. The Balaban J connectivity index is 1.51. The SMILES string of the molecule is COc1ccc(-c2c(-c3ccccc3)oc3ncnc(OCC4CCCN4CCCC#N)c23)cc1. The number of rotatable bonds is 9. The molecule has 1 saturated heterocycles. The first-order valence-corrected chi connectivity index (χ1v) is 12.0. The van der Waals surface area contributed by atoms with Gasteiger partial charge >= 0.3 is 0 Å². The molecule has 0 bridgehead atoms. The Bertz CT molecular complexity index is 1310. The second kappa shape index (κ2) is 10.6. The van der Waals surface area contributed by atoms with E-state index in [-0.39, 0.29) is 0 Å². The average Bonchev–Trinajstić information content (AvgIpc) is 3.53. The highest BCUT2D eigenvalue weighted by Crippen LogP contribution is 2.43. The van der Waals surface area contributed by atoms with Crippen molar-refractivity contribution in [3.05, 3.63) is 60.9 Å². The molecule has 1 atom stereocenters. The number of nitriles is 1. The van der Waals surface area contributed by atoms with Gasteiger partial charge in [0.1, 0.15) is 29.8 Å². The normalized spacial score (nSPS) is 15.8. The number of fused-ring (bicyclic) bond motifs is 1. The van der Waals surface area contributed by atoms with E-state index in [1.807, 2.05) is 54.6 Å². The summed E-state index contributed by atoms with van der Waals surface area (Å²) in [6.07, 6.45) is 5.17. The lowest BCUT2D eigenvalue weighted by Crippen LogP contribution is -2.35. The Morgan fingerprint density at radius 1 is 1.09 bits per heavy atom. The third-order valence-corrected chi connectivity index (χ3v) is 6.51. The van der Waals surface area contributed by atoms with Crippen molar-refractivity contribution in [2.24, 2.45) is 0 Å². The maximum Gasteiger partial charge on any atom is 0.234 e. The van der Waals surface area contributed by atoms with Crippen molar-refractivity contribution in [2.45, 2.75) is 31.7 Å². The second-order valence-electron chi connectivity index (χ2n) is 8.66. The third-order valence-electron chi connectivity index (χ3n) is 6.51. The molecule has 7 heteroatoms. The zero-order chi connectivity index (χ0) is 24.0. The highest BCUT2D eigenvalue weighted by molar-refractivity contribution is 6.03. The van der Waals surface area contributed by atoms with Gasteiger partial charge in [-0.15, -0.1) is 0 Å². The van der Waals surface area contributed by atoms with E-state index in [2.05, 4.69) is 20.9 Å². The van der Waals surface area contributed by atoms with Crippen molar-refractivity contribution in [3.8, 4) is 40.1 Å². The predicted molar refractivity (Wildman–Crippen MR) is 134 cm³/mol. The van der Waals surface area contributed by atoms with Crippen LogP contribution >= 0.6 is 0 Å². The molecule has 1 aliphatic heterocycles. The number of benzene rings is 2. The lowest BCUT2D eigenvalue weighted by atomic mass is 9.99. The third kappa shape index (κ3) is 4.84. The van der Waals surface area contributed by atoms with Crippen LogP contribution in [0.15, 0.2) is 65.3 Å². The molecule has 0 N–H and O–H groups in total. The van der Waals surface area contributed by atoms with Gasteiger partial charge in [0.05, 0.1) is 13.2 Å². The summed E-state index contributed by atoms with van der Waals surface area (Å²) in [5.74, 6) is 2.04. The Kier molecular flexibility index (Phi) is 6.92. The predicted octanol–water partition coefficient (Wildman–Crippen LogP) is 5.71. The molecule has 0 aliphatic carbocycles. The molecule has 1 fully saturated rings. The first kappa shape index (κ1) is 22.9. The number of methoxy groups -OCH3 is 1. The van der Waals surface area contributed by atoms with Gasteiger partial charge in [-0.05, 0) is 50.0 Å². The van der Waals surface area contributed by atoms with Crippen LogP contribution in [0.4, 0.5) is 0 Å². The first-order valence-electron chi connectivity index (χ1n) is 12.0. The summed E-state index contributed by atoms with van der Waals surface area (Å²) in [4.78, 5) is 11.4. The quantitative estimate of drug-likeness (QED) is 0.291. The molecule has 1 aliphatic rings. The molecule has 2 aromatic heterocycles. The summed E-state index contributed by atoms with van der Waals surface area (Å²) in [5.41, 5.74) is 3.34. The molecule has 3 heterocycles. The molecule has 7 nitrogen and oxygen atoms in total. The summed E-state index contributed by atoms with van der Waals surface area (Å²) in [7, 11) is 1.66. The van der Waals surface area contributed by atoms with E-state index in [4.69, 9.17) is 19.2 Å². The van der Waals surface area contributed by atoms with E-state index < -0.39 is 0 Å². The van der Waals surface area contributed by atoms with Crippen LogP contribution in [0, 0.1) is 11.3 Å². The minimum absolute atomic E-state index is 0.309. The molecule has 2 aromatic carbocycles. The van der Waals surface area contributed by atoms with Crippen LogP contribution in [-0.4, -0.2) is 47.7 Å². The number of unbranched alkanes of at least 4 members (excludes halogenated alkanes) is 1. The first-order chi connectivity index (χ1) is 17.3. The molecular weight excluding hydrogens is 440 g/mol. The van der Waals surface area contributed by atoms with Crippen LogP contribution in [-0.2, 0) is 0 Å². The summed E-state index contributed by atoms with van der Waals surface area (Å²) in [6.45, 7) is 2.49. The van der Waals surface area contributed by atoms with E-state index >= 15 is 0 Å². The van der Waals surface area contributed by atoms with Crippen molar-refractivity contribution in [3.63, 3.8) is 0 Å². The van der Waals surface area contributed by atoms with Crippen molar-refractivity contribution >= 4 is 11.1 Å². The number of likely N-dealkylation sites (tertiary alicyclic amines) is 1. The van der Waals surface area contributed by atoms with Crippen molar-refractivity contribution in [2.75, 3.05) is 26.8 Å². The van der Waals surface area contributed by atoms with Gasteiger partial charge in [0.25, 0.3) is 0 Å². The van der Waals surface area contributed by atoms with Gasteiger partial charge in [-0.25, -0.2) is 9.97 Å². The summed E-state index contributed by atoms with van der Waals surface area (Å²) < 4.78 is 18.0. The average molecular weight is 469 g/mol. The maximum atomic E-state index is 8.87. The molecule has 0 amide bonds. The van der Waals surface area contributed by atoms with Crippen LogP contribution in [0.5, 0.6) is 11.6 Å². The zero-order valence-corrected chi connectivity index (χ0v) is 19.8. The zero-order valence-electron chi connectivity index (χ0n) is 19.8. The monoisotopic (exact) mass is 468 g/mol. The number of furan rings is 1. The van der Waals surface area contributed by atoms with Crippen LogP contribution in [0.1, 0.15) is 25.7 Å². The van der Waals surface area contributed by atoms with Gasteiger partial charge < -0.3 is 13.9 Å². The van der Waals surface area contributed by atoms with Crippen LogP contribution in [0.2, 0.25) is 0 Å². The van der Waals surface area contributed by atoms with Crippen LogP contribution in [0.25, 0.3) is 33.6 Å². The van der Waals surface area contributed by atoms with Gasteiger partial charge in [-0.3, -0.25) is 4.90 Å². The van der Waals surface area contributed by atoms with Gasteiger partial charge in [0.15, 0.2) is 0 Å². The van der Waals surface area contributed by atoms with Crippen molar-refractivity contribution in [1.29, 1.82) is 5.26 Å². The molecule has 35 heavy (non-hydrogen) atoms. The Labute approximate surface area is 204 Å². The largest absolute Gasteiger partial charge is 0.497 e. The maximum absolute atomic E-state index is 8.87. The lowest BCUT2D eigenvalue weighted by Gasteiger charge is -2.24. The highest BCUT2D eigenvalue weighted by Gasteiger charge is 2.27. The minimum atomic E-state index is 0.309. The minimum Gasteiger partial charge on any atom is -0.497 e. The van der Waals surface area contributed by atoms with Crippen LogP contribution < -0.4 is 9.47 Å². The van der Waals surface area contributed by atoms with Crippen molar-refractivity contribution in [1.82, 2.24) is 14.9 Å². The van der Waals surface area contributed by atoms with E-state index in [0.717, 1.165) is 65.9 Å². The molecule has 5 rings (SSSR count). The van der Waals surface area contributed by atoms with Gasteiger partial charge in [-0.1, -0.05) is 42.5 Å². The van der Waals surface area contributed by atoms with E-state index in [1.165, 1.54) is 6.33 Å². The summed E-state index contributed by atoms with van der Waals surface area (Å²) in [5, 5.41) is 9.64. The molecule has 0 spiro atoms. The number of nitrogens with zero attached hydrogens (tertiary/aromatic N) is 4. The molecular formula is C28H28N4O3. The van der Waals surface area contributed by atoms with Gasteiger partial charge in [0, 0.05) is 23.6 Å². The topological polar surface area (TPSA) is 84.4 Å². The second-order valence-corrected chi connectivity index (χ2v) is 8.66. The van der Waals surface area contributed by atoms with Gasteiger partial charge in [-0.2, -0.15) is 5.26 Å². The van der Waals surface area contributed by atoms with Crippen LogP contribution in [0.3, 0.4) is 0 Å². The fourth-order valence-electron chi connectivity index (χ4n) is 4.76. The van der Waals surface area contributed by atoms with Gasteiger partial charge in [0.2, 0.25) is 11.6 Å². The Morgan fingerprint density at radius 3 is 2.69 bits per heavy atom. The smallest absolute Gasteiger partial charge is 0.234 e. The van der Waals surface area contributed by atoms with E-state index in [1.54, 1.807) is 7.11 Å². The van der Waals surface area contributed by atoms with E-state index in [0.29, 0.717) is 30.7 Å². The molecule has 4 aromatic rings. The number of hydrogen-bond acceptors (Lipinski definition) is 7. The molecule has 1 unspecified atom stereocenters. The Hall–Kier alpha value is -3.89. The molecule has 0 saturated carbocycles. The van der Waals surface area contributed by atoms with E-state index in [9.17, 15) is 0 Å². The number of aromatic nitrogens is 2. The molecule has 0 radical (unpaired) electrons.